The molecule has 144 valence electrons. The minimum absolute atomic E-state index is 0.0597. The van der Waals surface area contributed by atoms with E-state index in [1.165, 1.54) is 11.3 Å². The van der Waals surface area contributed by atoms with E-state index in [0.717, 1.165) is 11.4 Å². The van der Waals surface area contributed by atoms with Gasteiger partial charge in [-0.2, -0.15) is 0 Å². The van der Waals surface area contributed by atoms with Gasteiger partial charge in [-0.3, -0.25) is 14.8 Å². The van der Waals surface area contributed by atoms with Crippen LogP contribution >= 0.6 is 11.3 Å². The van der Waals surface area contributed by atoms with Crippen LogP contribution in [-0.4, -0.2) is 60.0 Å². The Morgan fingerprint density at radius 1 is 1.21 bits per heavy atom. The molecule has 1 aliphatic rings. The number of carbonyl (C=O) groups is 1. The second-order valence-corrected chi connectivity index (χ2v) is 7.66. The van der Waals surface area contributed by atoms with Gasteiger partial charge in [0.05, 0.1) is 17.5 Å². The number of β-amino-alcohol motifs (C(OH)–C–C–N with tert-alkyl or cyclic N) is 1. The number of aliphatic hydroxyl groups excluding tert-OH is 1. The molecule has 0 radical (unpaired) electrons. The fraction of sp³-hybridized carbons (Fsp3) is 0.368. The van der Waals surface area contributed by atoms with Crippen molar-refractivity contribution in [3.05, 3.63) is 53.3 Å². The molecule has 0 bridgehead atoms. The number of carbonyl (C=O) groups excluding carboxylic acids is 1. The Bertz CT molecular complexity index is 950. The van der Waals surface area contributed by atoms with Crippen molar-refractivity contribution in [2.24, 2.45) is 5.92 Å². The molecule has 4 rings (SSSR count). The van der Waals surface area contributed by atoms with Crippen molar-refractivity contribution in [1.82, 2.24) is 29.8 Å². The Hall–Kier alpha value is -2.78. The number of aliphatic hydroxyl groups is 1. The molecular formula is C19H20N6O2S. The van der Waals surface area contributed by atoms with E-state index in [2.05, 4.69) is 24.9 Å². The number of hydrogen-bond acceptors (Lipinski definition) is 8. The van der Waals surface area contributed by atoms with Crippen LogP contribution in [-0.2, 0) is 12.8 Å². The number of nitrogens with zero attached hydrogens (tertiary/aromatic N) is 6. The average molecular weight is 396 g/mol. The first-order valence-corrected chi connectivity index (χ1v) is 9.96. The van der Waals surface area contributed by atoms with Crippen molar-refractivity contribution in [2.45, 2.75) is 25.9 Å². The van der Waals surface area contributed by atoms with Gasteiger partial charge in [0.2, 0.25) is 0 Å². The van der Waals surface area contributed by atoms with E-state index in [-0.39, 0.29) is 11.8 Å². The first-order chi connectivity index (χ1) is 13.7. The summed E-state index contributed by atoms with van der Waals surface area (Å²) in [4.78, 5) is 36.8. The minimum Gasteiger partial charge on any atom is -0.391 e. The van der Waals surface area contributed by atoms with E-state index in [1.807, 2.05) is 6.92 Å². The van der Waals surface area contributed by atoms with Crippen LogP contribution in [0.5, 0.6) is 0 Å². The molecule has 0 spiro atoms. The number of likely N-dealkylation sites (tertiary alicyclic amines) is 1. The maximum absolute atomic E-state index is 13.1. The summed E-state index contributed by atoms with van der Waals surface area (Å²) < 4.78 is 0. The van der Waals surface area contributed by atoms with Gasteiger partial charge in [-0.05, 0) is 18.9 Å². The van der Waals surface area contributed by atoms with E-state index < -0.39 is 6.10 Å². The van der Waals surface area contributed by atoms with Gasteiger partial charge in [0.1, 0.15) is 4.88 Å². The van der Waals surface area contributed by atoms with Gasteiger partial charge in [0.25, 0.3) is 5.91 Å². The van der Waals surface area contributed by atoms with Gasteiger partial charge < -0.3 is 10.0 Å². The fourth-order valence-corrected chi connectivity index (χ4v) is 4.40. The maximum atomic E-state index is 13.1. The Morgan fingerprint density at radius 3 is 2.75 bits per heavy atom. The molecule has 0 aliphatic carbocycles. The van der Waals surface area contributed by atoms with Gasteiger partial charge in [0.15, 0.2) is 10.8 Å². The highest BCUT2D eigenvalue weighted by Gasteiger charge is 2.36. The Kier molecular flexibility index (Phi) is 5.36. The lowest BCUT2D eigenvalue weighted by Crippen LogP contribution is -2.29. The van der Waals surface area contributed by atoms with Crippen LogP contribution in [0.15, 0.2) is 37.1 Å². The average Bonchev–Trinajstić information content (AvgIpc) is 3.33. The lowest BCUT2D eigenvalue weighted by atomic mass is 10.0. The molecule has 8 nitrogen and oxygen atoms in total. The molecule has 0 unspecified atom stereocenters. The third-order valence-electron chi connectivity index (χ3n) is 4.77. The summed E-state index contributed by atoms with van der Waals surface area (Å²) in [6, 6.07) is 1.74. The quantitative estimate of drug-likeness (QED) is 0.699. The highest BCUT2D eigenvalue weighted by atomic mass is 32.1. The molecule has 1 amide bonds. The van der Waals surface area contributed by atoms with Crippen molar-refractivity contribution < 1.29 is 9.90 Å². The van der Waals surface area contributed by atoms with Gasteiger partial charge in [-0.1, -0.05) is 6.92 Å². The predicted molar refractivity (Wildman–Crippen MR) is 104 cm³/mol. The zero-order chi connectivity index (χ0) is 19.5. The Labute approximate surface area is 166 Å². The summed E-state index contributed by atoms with van der Waals surface area (Å²) in [5.74, 6) is 0.357. The van der Waals surface area contributed by atoms with Crippen LogP contribution in [0, 0.1) is 5.92 Å². The Balaban J connectivity index is 1.52. The van der Waals surface area contributed by atoms with Crippen molar-refractivity contribution in [3.8, 4) is 10.8 Å². The second-order valence-electron chi connectivity index (χ2n) is 6.66. The number of thiazole rings is 1. The highest BCUT2D eigenvalue weighted by molar-refractivity contribution is 7.17. The second kappa shape index (κ2) is 8.07. The van der Waals surface area contributed by atoms with Crippen LogP contribution in [0.1, 0.15) is 28.0 Å². The lowest BCUT2D eigenvalue weighted by Gasteiger charge is -2.15. The van der Waals surface area contributed by atoms with Crippen molar-refractivity contribution in [3.63, 3.8) is 0 Å². The van der Waals surface area contributed by atoms with E-state index in [9.17, 15) is 9.90 Å². The van der Waals surface area contributed by atoms with Crippen LogP contribution in [0.25, 0.3) is 10.8 Å². The van der Waals surface area contributed by atoms with Gasteiger partial charge in [0, 0.05) is 50.0 Å². The zero-order valence-corrected chi connectivity index (χ0v) is 16.2. The first kappa shape index (κ1) is 18.6. The van der Waals surface area contributed by atoms with Crippen LogP contribution in [0.4, 0.5) is 0 Å². The summed E-state index contributed by atoms with van der Waals surface area (Å²) >= 11 is 1.31. The van der Waals surface area contributed by atoms with Crippen LogP contribution in [0.2, 0.25) is 0 Å². The number of hydrogen-bond donors (Lipinski definition) is 1. The van der Waals surface area contributed by atoms with Gasteiger partial charge >= 0.3 is 0 Å². The zero-order valence-electron chi connectivity index (χ0n) is 15.4. The monoisotopic (exact) mass is 396 g/mol. The molecule has 2 atom stereocenters. The van der Waals surface area contributed by atoms with Crippen LogP contribution < -0.4 is 0 Å². The molecule has 1 fully saturated rings. The predicted octanol–water partition coefficient (Wildman–Crippen LogP) is 1.63. The van der Waals surface area contributed by atoms with Crippen LogP contribution in [0.3, 0.4) is 0 Å². The molecule has 1 aliphatic heterocycles. The van der Waals surface area contributed by atoms with E-state index in [1.54, 1.807) is 42.0 Å². The largest absolute Gasteiger partial charge is 0.391 e. The molecule has 28 heavy (non-hydrogen) atoms. The van der Waals surface area contributed by atoms with E-state index >= 15 is 0 Å². The van der Waals surface area contributed by atoms with Crippen molar-refractivity contribution >= 4 is 17.2 Å². The lowest BCUT2D eigenvalue weighted by molar-refractivity contribution is 0.0768. The van der Waals surface area contributed by atoms with Crippen molar-refractivity contribution in [1.29, 1.82) is 0 Å². The molecule has 3 aromatic heterocycles. The molecular weight excluding hydrogens is 376 g/mol. The number of aryl methyl sites for hydroxylation is 1. The van der Waals surface area contributed by atoms with Gasteiger partial charge in [-0.25, -0.2) is 15.0 Å². The molecule has 1 saturated heterocycles. The first-order valence-electron chi connectivity index (χ1n) is 9.15. The fourth-order valence-electron chi connectivity index (χ4n) is 3.33. The smallest absolute Gasteiger partial charge is 0.265 e. The Morgan fingerprint density at radius 2 is 2.04 bits per heavy atom. The molecule has 3 aromatic rings. The normalized spacial score (nSPS) is 19.1. The molecule has 4 heterocycles. The van der Waals surface area contributed by atoms with Gasteiger partial charge in [-0.15, -0.1) is 11.3 Å². The number of aromatic nitrogens is 5. The summed E-state index contributed by atoms with van der Waals surface area (Å²) in [6.07, 6.45) is 8.92. The molecule has 1 N–H and O–H groups in total. The number of rotatable bonds is 5. The van der Waals surface area contributed by atoms with E-state index in [4.69, 9.17) is 0 Å². The third kappa shape index (κ3) is 3.76. The topological polar surface area (TPSA) is 105 Å². The minimum atomic E-state index is -0.583. The maximum Gasteiger partial charge on any atom is 0.265 e. The number of amides is 1. The highest BCUT2D eigenvalue weighted by Crippen LogP contribution is 2.29. The van der Waals surface area contributed by atoms with E-state index in [0.29, 0.717) is 41.6 Å². The summed E-state index contributed by atoms with van der Waals surface area (Å²) in [5.41, 5.74) is 1.56. The summed E-state index contributed by atoms with van der Waals surface area (Å²) in [5, 5.41) is 11.1. The SMILES string of the molecule is CCc1nc(-c2ncccn2)sc1C(=O)N1C[C@@H](Cc2cnccn2)[C@H](O)C1. The molecule has 9 heteroatoms. The third-order valence-corrected chi connectivity index (χ3v) is 5.85. The van der Waals surface area contributed by atoms with Crippen molar-refractivity contribution in [2.75, 3.05) is 13.1 Å². The summed E-state index contributed by atoms with van der Waals surface area (Å²) in [6.45, 7) is 2.76. The summed E-state index contributed by atoms with van der Waals surface area (Å²) in [7, 11) is 0. The molecule has 0 aromatic carbocycles. The molecule has 0 saturated carbocycles. The standard InChI is InChI=1S/C19H20N6O2S/c1-2-14-16(28-18(24-14)17-22-4-3-5-23-17)19(27)25-10-12(15(26)11-25)8-13-9-20-6-7-21-13/h3-7,9,12,15,26H,2,8,10-11H2,1H3/t12-,15-/m1/s1.